The van der Waals surface area contributed by atoms with Crippen LogP contribution in [0.3, 0.4) is 0 Å². The quantitative estimate of drug-likeness (QED) is 0.780. The molecule has 102 valence electrons. The van der Waals surface area contributed by atoms with Crippen LogP contribution >= 0.6 is 0 Å². The molecular formula is C15H19NO2S. The van der Waals surface area contributed by atoms with Crippen molar-refractivity contribution in [1.29, 1.82) is 0 Å². The van der Waals surface area contributed by atoms with Gasteiger partial charge in [0.1, 0.15) is 0 Å². The van der Waals surface area contributed by atoms with Crippen molar-refractivity contribution >= 4 is 10.0 Å². The molecule has 0 spiro atoms. The maximum absolute atomic E-state index is 12.8. The summed E-state index contributed by atoms with van der Waals surface area (Å²) in [6.45, 7) is 6.00. The molecular weight excluding hydrogens is 258 g/mol. The van der Waals surface area contributed by atoms with E-state index < -0.39 is 10.0 Å². The van der Waals surface area contributed by atoms with Crippen LogP contribution in [0.5, 0.6) is 0 Å². The van der Waals surface area contributed by atoms with Gasteiger partial charge in [-0.05, 0) is 44.7 Å². The molecule has 0 N–H and O–H groups in total. The molecule has 3 rings (SSSR count). The van der Waals surface area contributed by atoms with E-state index in [2.05, 4.69) is 6.58 Å². The third-order valence-electron chi connectivity index (χ3n) is 4.20. The Morgan fingerprint density at radius 1 is 1.11 bits per heavy atom. The van der Waals surface area contributed by atoms with Gasteiger partial charge >= 0.3 is 0 Å². The van der Waals surface area contributed by atoms with E-state index in [4.69, 9.17) is 0 Å². The maximum Gasteiger partial charge on any atom is 0.243 e. The number of sulfonamides is 1. The van der Waals surface area contributed by atoms with Crippen LogP contribution < -0.4 is 0 Å². The minimum absolute atomic E-state index is 0.123. The van der Waals surface area contributed by atoms with E-state index in [0.29, 0.717) is 4.90 Å². The first-order valence-corrected chi connectivity index (χ1v) is 8.19. The van der Waals surface area contributed by atoms with E-state index >= 15 is 0 Å². The highest BCUT2D eigenvalue weighted by molar-refractivity contribution is 7.89. The molecule has 4 heteroatoms. The molecule has 2 fully saturated rings. The van der Waals surface area contributed by atoms with Gasteiger partial charge < -0.3 is 0 Å². The molecule has 19 heavy (non-hydrogen) atoms. The number of benzene rings is 1. The third kappa shape index (κ3) is 2.13. The standard InChI is InChI=1S/C15H19NO2S/c1-11-3-7-15(8-4-11)19(17,18)16-13-5-6-14(16)10-12(2)9-13/h3-4,7-8,13-14H,2,5-6,9-10H2,1H3. The molecule has 2 bridgehead atoms. The normalized spacial score (nSPS) is 27.7. The minimum Gasteiger partial charge on any atom is -0.207 e. The molecule has 0 amide bonds. The van der Waals surface area contributed by atoms with Crippen LogP contribution in [0.1, 0.15) is 31.2 Å². The van der Waals surface area contributed by atoms with Gasteiger partial charge in [-0.2, -0.15) is 4.31 Å². The first-order valence-electron chi connectivity index (χ1n) is 6.75. The van der Waals surface area contributed by atoms with Gasteiger partial charge in [0.25, 0.3) is 0 Å². The first-order chi connectivity index (χ1) is 8.98. The predicted octanol–water partition coefficient (Wildman–Crippen LogP) is 2.87. The summed E-state index contributed by atoms with van der Waals surface area (Å²) in [6, 6.07) is 7.39. The summed E-state index contributed by atoms with van der Waals surface area (Å²) in [6.07, 6.45) is 3.58. The highest BCUT2D eigenvalue weighted by Gasteiger charge is 2.45. The van der Waals surface area contributed by atoms with Gasteiger partial charge in [-0.3, -0.25) is 0 Å². The van der Waals surface area contributed by atoms with E-state index in [1.165, 1.54) is 5.57 Å². The lowest BCUT2D eigenvalue weighted by Gasteiger charge is -2.34. The Bertz CT molecular complexity index is 588. The Balaban J connectivity index is 1.97. The van der Waals surface area contributed by atoms with Crippen molar-refractivity contribution in [2.75, 3.05) is 0 Å². The smallest absolute Gasteiger partial charge is 0.207 e. The molecule has 0 saturated carbocycles. The number of hydrogen-bond donors (Lipinski definition) is 0. The lowest BCUT2D eigenvalue weighted by atomic mass is 10.0. The third-order valence-corrected chi connectivity index (χ3v) is 6.22. The fourth-order valence-corrected chi connectivity index (χ4v) is 5.16. The molecule has 3 nitrogen and oxygen atoms in total. The number of nitrogens with zero attached hydrogens (tertiary/aromatic N) is 1. The highest BCUT2D eigenvalue weighted by atomic mass is 32.2. The monoisotopic (exact) mass is 277 g/mol. The molecule has 1 aromatic carbocycles. The second-order valence-corrected chi connectivity index (χ2v) is 7.53. The molecule has 2 heterocycles. The Morgan fingerprint density at radius 2 is 1.63 bits per heavy atom. The van der Waals surface area contributed by atoms with Crippen molar-refractivity contribution in [1.82, 2.24) is 4.31 Å². The summed E-state index contributed by atoms with van der Waals surface area (Å²) in [5.41, 5.74) is 2.27. The van der Waals surface area contributed by atoms with Gasteiger partial charge in [-0.15, -0.1) is 0 Å². The number of aryl methyl sites for hydroxylation is 1. The van der Waals surface area contributed by atoms with Gasteiger partial charge in [-0.1, -0.05) is 29.8 Å². The molecule has 2 saturated heterocycles. The van der Waals surface area contributed by atoms with Gasteiger partial charge in [-0.25, -0.2) is 8.42 Å². The molecule has 0 aromatic heterocycles. The lowest BCUT2D eigenvalue weighted by molar-refractivity contribution is 0.286. The summed E-state index contributed by atoms with van der Waals surface area (Å²) in [4.78, 5) is 0.419. The SMILES string of the molecule is C=C1CC2CCC(C1)N2S(=O)(=O)c1ccc(C)cc1. The van der Waals surface area contributed by atoms with Crippen molar-refractivity contribution < 1.29 is 8.42 Å². The topological polar surface area (TPSA) is 37.4 Å². The van der Waals surface area contributed by atoms with Crippen LogP contribution in [0.15, 0.2) is 41.3 Å². The molecule has 2 atom stereocenters. The van der Waals surface area contributed by atoms with Crippen molar-refractivity contribution in [3.63, 3.8) is 0 Å². The largest absolute Gasteiger partial charge is 0.243 e. The number of hydrogen-bond acceptors (Lipinski definition) is 2. The second-order valence-electron chi connectivity index (χ2n) is 5.69. The summed E-state index contributed by atoms with van der Waals surface area (Å²) < 4.78 is 27.3. The fourth-order valence-electron chi connectivity index (χ4n) is 3.30. The number of rotatable bonds is 2. The molecule has 0 aliphatic carbocycles. The van der Waals surface area contributed by atoms with Crippen LogP contribution in [0.4, 0.5) is 0 Å². The molecule has 0 radical (unpaired) electrons. The van der Waals surface area contributed by atoms with Gasteiger partial charge in [0.05, 0.1) is 4.90 Å². The van der Waals surface area contributed by atoms with Crippen molar-refractivity contribution in [2.45, 2.75) is 49.6 Å². The summed E-state index contributed by atoms with van der Waals surface area (Å²) in [5, 5.41) is 0. The van der Waals surface area contributed by atoms with E-state index in [-0.39, 0.29) is 12.1 Å². The van der Waals surface area contributed by atoms with Crippen molar-refractivity contribution in [3.8, 4) is 0 Å². The van der Waals surface area contributed by atoms with Crippen LogP contribution in [-0.4, -0.2) is 24.8 Å². The van der Waals surface area contributed by atoms with Crippen LogP contribution in [0.25, 0.3) is 0 Å². The Hall–Kier alpha value is -1.13. The van der Waals surface area contributed by atoms with E-state index in [0.717, 1.165) is 31.2 Å². The zero-order valence-electron chi connectivity index (χ0n) is 11.2. The second kappa shape index (κ2) is 4.46. The van der Waals surface area contributed by atoms with E-state index in [9.17, 15) is 8.42 Å². The van der Waals surface area contributed by atoms with Crippen LogP contribution in [0, 0.1) is 6.92 Å². The van der Waals surface area contributed by atoms with E-state index in [1.807, 2.05) is 19.1 Å². The maximum atomic E-state index is 12.8. The van der Waals surface area contributed by atoms with Gasteiger partial charge in [0.15, 0.2) is 0 Å². The van der Waals surface area contributed by atoms with Crippen LogP contribution in [0.2, 0.25) is 0 Å². The Labute approximate surface area is 115 Å². The first kappa shape index (κ1) is 12.9. The Kier molecular flexibility index (Phi) is 3.02. The van der Waals surface area contributed by atoms with Crippen molar-refractivity contribution in [2.24, 2.45) is 0 Å². The molecule has 2 aliphatic heterocycles. The lowest BCUT2D eigenvalue weighted by Crippen LogP contribution is -2.44. The Morgan fingerprint density at radius 3 is 2.16 bits per heavy atom. The zero-order chi connectivity index (χ0) is 13.6. The van der Waals surface area contributed by atoms with Gasteiger partial charge in [0, 0.05) is 12.1 Å². The minimum atomic E-state index is -3.35. The predicted molar refractivity (Wildman–Crippen MR) is 75.4 cm³/mol. The number of piperidine rings is 1. The summed E-state index contributed by atoms with van der Waals surface area (Å²) in [5.74, 6) is 0. The molecule has 1 aromatic rings. The highest BCUT2D eigenvalue weighted by Crippen LogP contribution is 2.41. The average Bonchev–Trinajstić information content (AvgIpc) is 2.64. The zero-order valence-corrected chi connectivity index (χ0v) is 12.0. The fraction of sp³-hybridized carbons (Fsp3) is 0.467. The van der Waals surface area contributed by atoms with E-state index in [1.54, 1.807) is 16.4 Å². The summed E-state index contributed by atoms with van der Waals surface area (Å²) >= 11 is 0. The van der Waals surface area contributed by atoms with Crippen molar-refractivity contribution in [3.05, 3.63) is 42.0 Å². The van der Waals surface area contributed by atoms with Crippen LogP contribution in [-0.2, 0) is 10.0 Å². The number of fused-ring (bicyclic) bond motifs is 2. The van der Waals surface area contributed by atoms with Gasteiger partial charge in [0.2, 0.25) is 10.0 Å². The molecule has 2 unspecified atom stereocenters. The average molecular weight is 277 g/mol. The summed E-state index contributed by atoms with van der Waals surface area (Å²) in [7, 11) is -3.35. The molecule has 2 aliphatic rings.